The van der Waals surface area contributed by atoms with Crippen molar-refractivity contribution in [3.8, 4) is 0 Å². The Balaban J connectivity index is 1.74. The summed E-state index contributed by atoms with van der Waals surface area (Å²) < 4.78 is 26.9. The van der Waals surface area contributed by atoms with Crippen LogP contribution >= 0.6 is 0 Å². The van der Waals surface area contributed by atoms with Gasteiger partial charge in [-0.05, 0) is 36.8 Å². The van der Waals surface area contributed by atoms with E-state index in [1.54, 1.807) is 41.3 Å². The zero-order valence-electron chi connectivity index (χ0n) is 14.6. The number of carbonyl (C=O) groups excluding carboxylic acids is 1. The highest BCUT2D eigenvalue weighted by atomic mass is 32.2. The summed E-state index contributed by atoms with van der Waals surface area (Å²) in [7, 11) is -3.60. The van der Waals surface area contributed by atoms with Gasteiger partial charge in [0, 0.05) is 31.7 Å². The highest BCUT2D eigenvalue weighted by Gasteiger charge is 2.28. The highest BCUT2D eigenvalue weighted by molar-refractivity contribution is 7.89. The van der Waals surface area contributed by atoms with Crippen LogP contribution in [0.25, 0.3) is 0 Å². The number of carbonyl (C=O) groups is 2. The molecule has 8 heteroatoms. The summed E-state index contributed by atoms with van der Waals surface area (Å²) in [5, 5.41) is 9.08. The van der Waals surface area contributed by atoms with Gasteiger partial charge in [0.2, 0.25) is 10.0 Å². The van der Waals surface area contributed by atoms with E-state index in [2.05, 4.69) is 0 Å². The minimum Gasteiger partial charge on any atom is -0.478 e. The molecule has 1 amide bonds. The molecule has 2 aromatic rings. The molecule has 0 radical (unpaired) electrons. The van der Waals surface area contributed by atoms with Crippen LogP contribution in [0.3, 0.4) is 0 Å². The molecule has 1 aliphatic rings. The van der Waals surface area contributed by atoms with E-state index in [-0.39, 0.29) is 35.0 Å². The molecule has 27 heavy (non-hydrogen) atoms. The number of amides is 1. The summed E-state index contributed by atoms with van der Waals surface area (Å²) in [6.45, 7) is 1.19. The molecular weight excluding hydrogens is 368 g/mol. The molecule has 1 N–H and O–H groups in total. The fourth-order valence-electron chi connectivity index (χ4n) is 3.05. The van der Waals surface area contributed by atoms with Crippen molar-refractivity contribution in [1.29, 1.82) is 0 Å². The number of carboxylic acids is 1. The van der Waals surface area contributed by atoms with Gasteiger partial charge in [-0.25, -0.2) is 13.2 Å². The second kappa shape index (κ2) is 7.89. The molecule has 1 fully saturated rings. The second-order valence-corrected chi connectivity index (χ2v) is 8.19. The first-order valence-electron chi connectivity index (χ1n) is 8.57. The van der Waals surface area contributed by atoms with Crippen molar-refractivity contribution in [2.24, 2.45) is 0 Å². The third kappa shape index (κ3) is 4.17. The van der Waals surface area contributed by atoms with Crippen LogP contribution in [0, 0.1) is 0 Å². The Morgan fingerprint density at radius 1 is 0.852 bits per heavy atom. The van der Waals surface area contributed by atoms with Crippen LogP contribution < -0.4 is 0 Å². The molecule has 0 atom stereocenters. The highest BCUT2D eigenvalue weighted by Crippen LogP contribution is 2.18. The Hall–Kier alpha value is -2.71. The summed E-state index contributed by atoms with van der Waals surface area (Å²) in [5.41, 5.74) is 0.332. The normalized spacial score (nSPS) is 15.9. The van der Waals surface area contributed by atoms with Crippen molar-refractivity contribution >= 4 is 21.9 Å². The molecule has 7 nitrogen and oxygen atoms in total. The van der Waals surface area contributed by atoms with Crippen molar-refractivity contribution in [2.75, 3.05) is 26.2 Å². The summed E-state index contributed by atoms with van der Waals surface area (Å²) >= 11 is 0. The molecule has 0 bridgehead atoms. The zero-order chi connectivity index (χ0) is 19.4. The lowest BCUT2D eigenvalue weighted by Gasteiger charge is -2.22. The minimum absolute atomic E-state index is 0.0453. The number of nitrogens with zero attached hydrogens (tertiary/aromatic N) is 2. The third-order valence-corrected chi connectivity index (χ3v) is 6.39. The Morgan fingerprint density at radius 3 is 2.26 bits per heavy atom. The topological polar surface area (TPSA) is 95.0 Å². The first kappa shape index (κ1) is 19.1. The molecule has 2 aromatic carbocycles. The number of aromatic carboxylic acids is 1. The maximum absolute atomic E-state index is 12.8. The predicted molar refractivity (Wildman–Crippen MR) is 99.1 cm³/mol. The van der Waals surface area contributed by atoms with Gasteiger partial charge in [-0.2, -0.15) is 4.31 Å². The first-order chi connectivity index (χ1) is 12.9. The summed E-state index contributed by atoms with van der Waals surface area (Å²) in [5.74, 6) is -1.39. The van der Waals surface area contributed by atoms with Crippen LogP contribution in [0.5, 0.6) is 0 Å². The largest absolute Gasteiger partial charge is 0.478 e. The summed E-state index contributed by atoms with van der Waals surface area (Å²) in [4.78, 5) is 25.6. The molecule has 0 saturated carbocycles. The smallest absolute Gasteiger partial charge is 0.335 e. The van der Waals surface area contributed by atoms with Crippen LogP contribution in [0.2, 0.25) is 0 Å². The number of hydrogen-bond acceptors (Lipinski definition) is 4. The number of benzene rings is 2. The van der Waals surface area contributed by atoms with Gasteiger partial charge in [0.1, 0.15) is 0 Å². The van der Waals surface area contributed by atoms with Crippen molar-refractivity contribution in [1.82, 2.24) is 9.21 Å². The van der Waals surface area contributed by atoms with Crippen molar-refractivity contribution in [2.45, 2.75) is 11.3 Å². The Labute approximate surface area is 157 Å². The van der Waals surface area contributed by atoms with Crippen molar-refractivity contribution in [3.05, 3.63) is 65.7 Å². The van der Waals surface area contributed by atoms with Gasteiger partial charge in [-0.3, -0.25) is 4.79 Å². The van der Waals surface area contributed by atoms with E-state index in [0.717, 1.165) is 0 Å². The Kier molecular flexibility index (Phi) is 5.57. The molecule has 3 rings (SSSR count). The van der Waals surface area contributed by atoms with E-state index in [1.165, 1.54) is 22.5 Å². The molecule has 0 spiro atoms. The second-order valence-electron chi connectivity index (χ2n) is 6.25. The zero-order valence-corrected chi connectivity index (χ0v) is 15.4. The summed E-state index contributed by atoms with van der Waals surface area (Å²) in [6, 6.07) is 14.1. The summed E-state index contributed by atoms with van der Waals surface area (Å²) in [6.07, 6.45) is 0.510. The number of hydrogen-bond donors (Lipinski definition) is 1. The molecule has 1 aliphatic heterocycles. The maximum atomic E-state index is 12.8. The van der Waals surface area contributed by atoms with Crippen LogP contribution in [-0.4, -0.2) is 60.8 Å². The van der Waals surface area contributed by atoms with Gasteiger partial charge in [0.05, 0.1) is 10.5 Å². The number of sulfonamides is 1. The predicted octanol–water partition coefficient (Wildman–Crippen LogP) is 1.92. The van der Waals surface area contributed by atoms with E-state index in [4.69, 9.17) is 5.11 Å². The van der Waals surface area contributed by atoms with E-state index in [9.17, 15) is 18.0 Å². The molecular formula is C19H20N2O5S. The molecule has 1 saturated heterocycles. The Bertz CT molecular complexity index is 944. The standard InChI is InChI=1S/C19H20N2O5S/c22-18(15-6-4-7-16(14-15)19(23)24)20-10-5-11-21(13-12-20)27(25,26)17-8-2-1-3-9-17/h1-4,6-9,14H,5,10-13H2,(H,23,24). The van der Waals surface area contributed by atoms with E-state index < -0.39 is 16.0 Å². The SMILES string of the molecule is O=C(O)c1cccc(C(=O)N2CCCN(S(=O)(=O)c3ccccc3)CC2)c1. The Morgan fingerprint density at radius 2 is 1.56 bits per heavy atom. The third-order valence-electron chi connectivity index (χ3n) is 4.48. The molecule has 1 heterocycles. The van der Waals surface area contributed by atoms with Crippen LogP contribution in [0.4, 0.5) is 0 Å². The average molecular weight is 388 g/mol. The molecule has 0 unspecified atom stereocenters. The van der Waals surface area contributed by atoms with Crippen LogP contribution in [0.15, 0.2) is 59.5 Å². The van der Waals surface area contributed by atoms with Crippen molar-refractivity contribution in [3.63, 3.8) is 0 Å². The quantitative estimate of drug-likeness (QED) is 0.863. The first-order valence-corrected chi connectivity index (χ1v) is 10.0. The lowest BCUT2D eigenvalue weighted by molar-refractivity contribution is 0.0697. The van der Waals surface area contributed by atoms with E-state index in [1.807, 2.05) is 0 Å². The number of rotatable bonds is 4. The van der Waals surface area contributed by atoms with Gasteiger partial charge in [-0.15, -0.1) is 0 Å². The number of carboxylic acid groups (broad SMARTS) is 1. The lowest BCUT2D eigenvalue weighted by atomic mass is 10.1. The average Bonchev–Trinajstić information content (AvgIpc) is 2.95. The van der Waals surface area contributed by atoms with Gasteiger partial charge in [0.15, 0.2) is 0 Å². The van der Waals surface area contributed by atoms with Crippen LogP contribution in [-0.2, 0) is 10.0 Å². The van der Waals surface area contributed by atoms with Gasteiger partial charge in [0.25, 0.3) is 5.91 Å². The fraction of sp³-hybridized carbons (Fsp3) is 0.263. The molecule has 0 aromatic heterocycles. The van der Waals surface area contributed by atoms with E-state index in [0.29, 0.717) is 19.5 Å². The molecule has 0 aliphatic carbocycles. The maximum Gasteiger partial charge on any atom is 0.335 e. The van der Waals surface area contributed by atoms with E-state index >= 15 is 0 Å². The monoisotopic (exact) mass is 388 g/mol. The molecule has 142 valence electrons. The van der Waals surface area contributed by atoms with Gasteiger partial charge >= 0.3 is 5.97 Å². The van der Waals surface area contributed by atoms with Gasteiger partial charge in [-0.1, -0.05) is 24.3 Å². The lowest BCUT2D eigenvalue weighted by Crippen LogP contribution is -2.37. The minimum atomic E-state index is -3.60. The van der Waals surface area contributed by atoms with Crippen LogP contribution in [0.1, 0.15) is 27.1 Å². The fourth-order valence-corrected chi connectivity index (χ4v) is 4.54. The van der Waals surface area contributed by atoms with Gasteiger partial charge < -0.3 is 10.0 Å². The van der Waals surface area contributed by atoms with Crippen molar-refractivity contribution < 1.29 is 23.1 Å².